The number of benzene rings is 10. The molecule has 264 valence electrons. The normalized spacial score (nSPS) is 12.2. The maximum atomic E-state index is 6.46. The van der Waals surface area contributed by atoms with Gasteiger partial charge in [-0.1, -0.05) is 140 Å². The summed E-state index contributed by atoms with van der Waals surface area (Å²) in [7, 11) is 0. The number of aromatic nitrogens is 1. The Bertz CT molecular complexity index is 3720. The lowest BCUT2D eigenvalue weighted by Gasteiger charge is -2.26. The quantitative estimate of drug-likeness (QED) is 0.169. The molecule has 3 heteroatoms. The highest BCUT2D eigenvalue weighted by molar-refractivity contribution is 6.26. The first-order valence-electron chi connectivity index (χ1n) is 19.6. The Kier molecular flexibility index (Phi) is 6.16. The van der Waals surface area contributed by atoms with Gasteiger partial charge in [0, 0.05) is 54.9 Å². The van der Waals surface area contributed by atoms with Gasteiger partial charge in [-0.15, -0.1) is 0 Å². The van der Waals surface area contributed by atoms with Crippen molar-refractivity contribution in [2.24, 2.45) is 0 Å². The second-order valence-corrected chi connectivity index (χ2v) is 15.2. The van der Waals surface area contributed by atoms with E-state index in [4.69, 9.17) is 4.42 Å². The fourth-order valence-corrected chi connectivity index (χ4v) is 9.81. The monoisotopic (exact) mass is 724 g/mol. The minimum atomic E-state index is 0.909. The maximum absolute atomic E-state index is 6.46. The van der Waals surface area contributed by atoms with Crippen LogP contribution in [0.2, 0.25) is 0 Å². The molecule has 0 aliphatic rings. The van der Waals surface area contributed by atoms with Gasteiger partial charge in [0.15, 0.2) is 0 Å². The summed E-state index contributed by atoms with van der Waals surface area (Å²) in [6.45, 7) is 0. The lowest BCUT2D eigenvalue weighted by molar-refractivity contribution is 0.670. The molecule has 0 spiro atoms. The molecule has 0 saturated carbocycles. The predicted molar refractivity (Wildman–Crippen MR) is 241 cm³/mol. The molecule has 0 atom stereocenters. The highest BCUT2D eigenvalue weighted by Gasteiger charge is 2.21. The first-order valence-corrected chi connectivity index (χ1v) is 19.6. The van der Waals surface area contributed by atoms with Crippen LogP contribution < -0.4 is 4.90 Å². The fourth-order valence-electron chi connectivity index (χ4n) is 9.81. The van der Waals surface area contributed by atoms with E-state index < -0.39 is 0 Å². The van der Waals surface area contributed by atoms with Crippen molar-refractivity contribution in [3.63, 3.8) is 0 Å². The molecule has 0 unspecified atom stereocenters. The van der Waals surface area contributed by atoms with Crippen molar-refractivity contribution in [2.45, 2.75) is 0 Å². The van der Waals surface area contributed by atoms with Crippen LogP contribution in [0.25, 0.3) is 103 Å². The first-order chi connectivity index (χ1) is 28.3. The Morgan fingerprint density at radius 3 is 1.60 bits per heavy atom. The molecular weight excluding hydrogens is 693 g/mol. The van der Waals surface area contributed by atoms with Crippen molar-refractivity contribution in [3.8, 4) is 11.1 Å². The summed E-state index contributed by atoms with van der Waals surface area (Å²) in [6, 6.07) is 70.8. The number of hydrogen-bond acceptors (Lipinski definition) is 2. The van der Waals surface area contributed by atoms with Gasteiger partial charge in [0.25, 0.3) is 0 Å². The topological polar surface area (TPSA) is 20.8 Å². The van der Waals surface area contributed by atoms with Gasteiger partial charge >= 0.3 is 0 Å². The molecule has 13 rings (SSSR count). The molecule has 57 heavy (non-hydrogen) atoms. The molecule has 0 radical (unpaired) electrons. The lowest BCUT2D eigenvalue weighted by atomic mass is 9.94. The van der Waals surface area contributed by atoms with Crippen LogP contribution in [0.1, 0.15) is 0 Å². The van der Waals surface area contributed by atoms with Crippen molar-refractivity contribution in [1.29, 1.82) is 0 Å². The Morgan fingerprint density at radius 1 is 0.333 bits per heavy atom. The Labute approximate surface area is 327 Å². The van der Waals surface area contributed by atoms with E-state index in [1.165, 1.54) is 70.4 Å². The SMILES string of the molecule is c1ccc2c(c1)oc1c(-c3ccc(N(c4ccc5c6ccccc6c6ccccc6c5c4)c4ccc5c(c4)c4cccc6c7ccccc7n5c64)cc3)cccc12. The highest BCUT2D eigenvalue weighted by atomic mass is 16.3. The third-order valence-electron chi connectivity index (χ3n) is 12.3. The van der Waals surface area contributed by atoms with Gasteiger partial charge in [-0.25, -0.2) is 0 Å². The molecule has 0 fully saturated rings. The highest BCUT2D eigenvalue weighted by Crippen LogP contribution is 2.45. The summed E-state index contributed by atoms with van der Waals surface area (Å²) in [5.74, 6) is 0. The molecule has 0 amide bonds. The van der Waals surface area contributed by atoms with Gasteiger partial charge in [-0.05, 0) is 92.5 Å². The first kappa shape index (κ1) is 30.7. The van der Waals surface area contributed by atoms with Crippen LogP contribution in [-0.4, -0.2) is 4.40 Å². The Balaban J connectivity index is 1.04. The van der Waals surface area contributed by atoms with E-state index in [9.17, 15) is 0 Å². The third-order valence-corrected chi connectivity index (χ3v) is 12.3. The van der Waals surface area contributed by atoms with E-state index in [1.807, 2.05) is 12.1 Å². The van der Waals surface area contributed by atoms with Gasteiger partial charge in [-0.3, -0.25) is 0 Å². The molecule has 0 aliphatic heterocycles. The number of fused-ring (bicyclic) bond motifs is 15. The lowest BCUT2D eigenvalue weighted by Crippen LogP contribution is -2.10. The molecule has 0 saturated heterocycles. The van der Waals surface area contributed by atoms with Gasteiger partial charge in [0.05, 0.1) is 16.6 Å². The summed E-state index contributed by atoms with van der Waals surface area (Å²) in [4.78, 5) is 2.42. The van der Waals surface area contributed by atoms with E-state index >= 15 is 0 Å². The summed E-state index contributed by atoms with van der Waals surface area (Å²) in [5, 5.41) is 15.0. The van der Waals surface area contributed by atoms with Gasteiger partial charge in [-0.2, -0.15) is 0 Å². The second-order valence-electron chi connectivity index (χ2n) is 15.2. The zero-order chi connectivity index (χ0) is 37.2. The van der Waals surface area contributed by atoms with E-state index in [1.54, 1.807) is 0 Å². The predicted octanol–water partition coefficient (Wildman–Crippen LogP) is 15.3. The summed E-state index contributed by atoms with van der Waals surface area (Å²) in [5.41, 5.74) is 11.1. The standard InChI is InChI=1S/C54H32N2O/c1-2-13-40-38(11-1)39-12-3-4-14-41(39)48-31-35(27-29-42(40)48)55(34-25-23-33(24-26-34)37-17-9-20-47-44-16-6-8-22-52(44)57-54(37)47)36-28-30-51-49(32-36)46-19-10-18-45-43-15-5-7-21-50(43)56(51)53(45)46/h1-32H. The van der Waals surface area contributed by atoms with Gasteiger partial charge in [0.2, 0.25) is 0 Å². The molecule has 10 aromatic carbocycles. The number of hydrogen-bond donors (Lipinski definition) is 0. The smallest absolute Gasteiger partial charge is 0.143 e. The number of rotatable bonds is 4. The van der Waals surface area contributed by atoms with Crippen molar-refractivity contribution in [3.05, 3.63) is 194 Å². The molecule has 0 aliphatic carbocycles. The van der Waals surface area contributed by atoms with Gasteiger partial charge in [0.1, 0.15) is 11.2 Å². The van der Waals surface area contributed by atoms with Crippen LogP contribution in [0, 0.1) is 0 Å². The largest absolute Gasteiger partial charge is 0.455 e. The van der Waals surface area contributed by atoms with E-state index in [0.717, 1.165) is 50.1 Å². The molecule has 0 N–H and O–H groups in total. The molecular formula is C54H32N2O. The average molecular weight is 725 g/mol. The van der Waals surface area contributed by atoms with Crippen molar-refractivity contribution in [2.75, 3.05) is 4.90 Å². The number of anilines is 3. The molecule has 3 heterocycles. The fraction of sp³-hybridized carbons (Fsp3) is 0. The molecule has 0 bridgehead atoms. The molecule has 3 nitrogen and oxygen atoms in total. The van der Waals surface area contributed by atoms with Crippen LogP contribution in [-0.2, 0) is 0 Å². The van der Waals surface area contributed by atoms with Crippen molar-refractivity contribution >= 4 is 109 Å². The number of para-hydroxylation sites is 4. The van der Waals surface area contributed by atoms with Crippen molar-refractivity contribution < 1.29 is 4.42 Å². The van der Waals surface area contributed by atoms with Crippen LogP contribution in [0.5, 0.6) is 0 Å². The van der Waals surface area contributed by atoms with Crippen LogP contribution in [0.4, 0.5) is 17.1 Å². The Morgan fingerprint density at radius 2 is 0.842 bits per heavy atom. The van der Waals surface area contributed by atoms with Gasteiger partial charge < -0.3 is 13.7 Å². The number of furan rings is 1. The molecule has 13 aromatic rings. The minimum Gasteiger partial charge on any atom is -0.455 e. The van der Waals surface area contributed by atoms with E-state index in [2.05, 4.69) is 191 Å². The van der Waals surface area contributed by atoms with Crippen molar-refractivity contribution in [1.82, 2.24) is 4.40 Å². The maximum Gasteiger partial charge on any atom is 0.143 e. The average Bonchev–Trinajstić information content (AvgIpc) is 3.94. The van der Waals surface area contributed by atoms with Crippen LogP contribution >= 0.6 is 0 Å². The second kappa shape index (κ2) is 11.5. The van der Waals surface area contributed by atoms with Crippen LogP contribution in [0.15, 0.2) is 199 Å². The van der Waals surface area contributed by atoms with Crippen LogP contribution in [0.3, 0.4) is 0 Å². The Hall–Kier alpha value is -7.62. The number of nitrogens with zero attached hydrogens (tertiary/aromatic N) is 2. The minimum absolute atomic E-state index is 0.909. The van der Waals surface area contributed by atoms with E-state index in [0.29, 0.717) is 0 Å². The summed E-state index contributed by atoms with van der Waals surface area (Å²) < 4.78 is 8.91. The zero-order valence-electron chi connectivity index (χ0n) is 30.8. The summed E-state index contributed by atoms with van der Waals surface area (Å²) >= 11 is 0. The summed E-state index contributed by atoms with van der Waals surface area (Å²) in [6.07, 6.45) is 0. The molecule has 3 aromatic heterocycles. The van der Waals surface area contributed by atoms with E-state index in [-0.39, 0.29) is 0 Å². The third kappa shape index (κ3) is 4.26. The zero-order valence-corrected chi connectivity index (χ0v) is 30.8.